The van der Waals surface area contributed by atoms with E-state index in [1.165, 1.54) is 4.90 Å². The monoisotopic (exact) mass is 307 g/mol. The van der Waals surface area contributed by atoms with Gasteiger partial charge in [-0.25, -0.2) is 0 Å². The van der Waals surface area contributed by atoms with E-state index < -0.39 is 0 Å². The minimum atomic E-state index is -0.240. The summed E-state index contributed by atoms with van der Waals surface area (Å²) in [6, 6.07) is 12.9. The van der Waals surface area contributed by atoms with E-state index in [9.17, 15) is 9.59 Å². The molecule has 116 valence electrons. The zero-order valence-electron chi connectivity index (χ0n) is 12.9. The van der Waals surface area contributed by atoms with Gasteiger partial charge in [-0.15, -0.1) is 0 Å². The first-order valence-electron chi connectivity index (χ1n) is 7.35. The molecule has 0 atom stereocenters. The maximum Gasteiger partial charge on any atom is 0.259 e. The lowest BCUT2D eigenvalue weighted by atomic mass is 10.1. The Hall–Kier alpha value is -2.95. The standard InChI is InChI=1S/C18H17N3O2/c1-12-6-5-7-14(20-12)10-19-17(22)11-21-13(2)15-8-3-4-9-16(15)18(21)23/h3-9H,2,10-11H2,1H3,(H,19,22). The quantitative estimate of drug-likeness (QED) is 0.941. The molecule has 0 saturated carbocycles. The number of benzene rings is 1. The lowest BCUT2D eigenvalue weighted by Gasteiger charge is -2.16. The van der Waals surface area contributed by atoms with Crippen LogP contribution >= 0.6 is 0 Å². The zero-order chi connectivity index (χ0) is 16.4. The number of aromatic nitrogens is 1. The third-order valence-corrected chi connectivity index (χ3v) is 3.75. The number of hydrogen-bond donors (Lipinski definition) is 1. The summed E-state index contributed by atoms with van der Waals surface area (Å²) in [6.07, 6.45) is 0. The van der Waals surface area contributed by atoms with Crippen molar-refractivity contribution in [3.8, 4) is 0 Å². The van der Waals surface area contributed by atoms with E-state index in [2.05, 4.69) is 16.9 Å². The van der Waals surface area contributed by atoms with Crippen molar-refractivity contribution in [1.29, 1.82) is 0 Å². The van der Waals surface area contributed by atoms with Crippen molar-refractivity contribution in [3.63, 3.8) is 0 Å². The molecule has 1 aliphatic rings. The van der Waals surface area contributed by atoms with Gasteiger partial charge in [0.1, 0.15) is 6.54 Å². The average molecular weight is 307 g/mol. The lowest BCUT2D eigenvalue weighted by molar-refractivity contribution is -0.121. The van der Waals surface area contributed by atoms with E-state index in [0.29, 0.717) is 17.8 Å². The number of nitrogens with one attached hydrogen (secondary N) is 1. The van der Waals surface area contributed by atoms with E-state index >= 15 is 0 Å². The van der Waals surface area contributed by atoms with Gasteiger partial charge in [0.2, 0.25) is 5.91 Å². The lowest BCUT2D eigenvalue weighted by Crippen LogP contribution is -2.36. The molecule has 5 heteroatoms. The van der Waals surface area contributed by atoms with Gasteiger partial charge in [-0.05, 0) is 25.1 Å². The van der Waals surface area contributed by atoms with Crippen LogP contribution in [0, 0.1) is 6.92 Å². The number of pyridine rings is 1. The fraction of sp³-hybridized carbons (Fsp3) is 0.167. The van der Waals surface area contributed by atoms with Gasteiger partial charge in [-0.3, -0.25) is 19.5 Å². The number of fused-ring (bicyclic) bond motifs is 1. The van der Waals surface area contributed by atoms with Gasteiger partial charge in [0.25, 0.3) is 5.91 Å². The number of carbonyl (C=O) groups is 2. The number of carbonyl (C=O) groups excluding carboxylic acids is 2. The fourth-order valence-corrected chi connectivity index (χ4v) is 2.59. The first-order chi connectivity index (χ1) is 11.1. The second-order valence-corrected chi connectivity index (χ2v) is 5.43. The summed E-state index contributed by atoms with van der Waals surface area (Å²) < 4.78 is 0. The average Bonchev–Trinajstić information content (AvgIpc) is 2.79. The van der Waals surface area contributed by atoms with Crippen molar-refractivity contribution in [2.45, 2.75) is 13.5 Å². The Morgan fingerprint density at radius 2 is 1.91 bits per heavy atom. The van der Waals surface area contributed by atoms with Crippen LogP contribution in [0.3, 0.4) is 0 Å². The highest BCUT2D eigenvalue weighted by atomic mass is 16.2. The Morgan fingerprint density at radius 3 is 2.61 bits per heavy atom. The Balaban J connectivity index is 1.63. The molecule has 0 fully saturated rings. The van der Waals surface area contributed by atoms with Crippen LogP contribution in [0.15, 0.2) is 49.0 Å². The molecule has 1 N–H and O–H groups in total. The molecule has 1 aromatic heterocycles. The Morgan fingerprint density at radius 1 is 1.17 bits per heavy atom. The second kappa shape index (κ2) is 6.04. The molecule has 5 nitrogen and oxygen atoms in total. The first-order valence-corrected chi connectivity index (χ1v) is 7.35. The molecule has 23 heavy (non-hydrogen) atoms. The molecule has 0 radical (unpaired) electrons. The highest BCUT2D eigenvalue weighted by molar-refractivity contribution is 6.10. The summed E-state index contributed by atoms with van der Waals surface area (Å²) in [6.45, 7) is 6.11. The molecule has 1 aliphatic heterocycles. The van der Waals surface area contributed by atoms with Crippen molar-refractivity contribution < 1.29 is 9.59 Å². The van der Waals surface area contributed by atoms with Crippen LogP contribution < -0.4 is 5.32 Å². The molecule has 0 aliphatic carbocycles. The summed E-state index contributed by atoms with van der Waals surface area (Å²) in [4.78, 5) is 30.2. The summed E-state index contributed by atoms with van der Waals surface area (Å²) >= 11 is 0. The highest BCUT2D eigenvalue weighted by Crippen LogP contribution is 2.30. The van der Waals surface area contributed by atoms with Gasteiger partial charge >= 0.3 is 0 Å². The fourth-order valence-electron chi connectivity index (χ4n) is 2.59. The third kappa shape index (κ3) is 2.99. The molecule has 0 saturated heterocycles. The number of rotatable bonds is 4. The smallest absolute Gasteiger partial charge is 0.259 e. The molecule has 1 aromatic carbocycles. The predicted octanol–water partition coefficient (Wildman–Crippen LogP) is 2.13. The van der Waals surface area contributed by atoms with Crippen LogP contribution in [0.2, 0.25) is 0 Å². The minimum absolute atomic E-state index is 0.0435. The molecular weight excluding hydrogens is 290 g/mol. The van der Waals surface area contributed by atoms with Crippen molar-refractivity contribution in [2.75, 3.05) is 6.54 Å². The van der Waals surface area contributed by atoms with E-state index in [-0.39, 0.29) is 18.4 Å². The summed E-state index contributed by atoms with van der Waals surface area (Å²) in [5, 5.41) is 2.78. The maximum absolute atomic E-state index is 12.3. The van der Waals surface area contributed by atoms with Gasteiger partial charge in [0.05, 0.1) is 12.2 Å². The van der Waals surface area contributed by atoms with Crippen LogP contribution in [0.5, 0.6) is 0 Å². The SMILES string of the molecule is C=C1c2ccccc2C(=O)N1CC(=O)NCc1cccc(C)n1. The normalized spacial score (nSPS) is 13.2. The van der Waals surface area contributed by atoms with Crippen LogP contribution in [0.25, 0.3) is 5.70 Å². The molecular formula is C18H17N3O2. The summed E-state index contributed by atoms with van der Waals surface area (Å²) in [5.41, 5.74) is 3.62. The first kappa shape index (κ1) is 15.0. The van der Waals surface area contributed by atoms with E-state index in [1.807, 2.05) is 37.3 Å². The molecule has 0 bridgehead atoms. The van der Waals surface area contributed by atoms with E-state index in [1.54, 1.807) is 12.1 Å². The predicted molar refractivity (Wildman–Crippen MR) is 87.3 cm³/mol. The van der Waals surface area contributed by atoms with Crippen LogP contribution in [-0.4, -0.2) is 28.2 Å². The topological polar surface area (TPSA) is 62.3 Å². The molecule has 2 amide bonds. The van der Waals surface area contributed by atoms with Gasteiger partial charge in [0, 0.05) is 22.5 Å². The van der Waals surface area contributed by atoms with Crippen molar-refractivity contribution >= 4 is 17.5 Å². The van der Waals surface area contributed by atoms with Gasteiger partial charge in [-0.1, -0.05) is 30.8 Å². The van der Waals surface area contributed by atoms with Gasteiger partial charge in [-0.2, -0.15) is 0 Å². The number of nitrogens with zero attached hydrogens (tertiary/aromatic N) is 2. The Bertz CT molecular complexity index is 763. The molecule has 3 rings (SSSR count). The largest absolute Gasteiger partial charge is 0.349 e. The van der Waals surface area contributed by atoms with Crippen molar-refractivity contribution in [1.82, 2.24) is 15.2 Å². The molecule has 2 aromatic rings. The summed E-state index contributed by atoms with van der Waals surface area (Å²) in [5.74, 6) is -0.426. The van der Waals surface area contributed by atoms with Gasteiger partial charge < -0.3 is 5.32 Å². The number of aryl methyl sites for hydroxylation is 1. The molecule has 0 unspecified atom stereocenters. The van der Waals surface area contributed by atoms with Crippen LogP contribution in [-0.2, 0) is 11.3 Å². The number of hydrogen-bond acceptors (Lipinski definition) is 3. The minimum Gasteiger partial charge on any atom is -0.349 e. The highest BCUT2D eigenvalue weighted by Gasteiger charge is 2.31. The Kier molecular flexibility index (Phi) is 3.93. The second-order valence-electron chi connectivity index (χ2n) is 5.43. The maximum atomic E-state index is 12.3. The van der Waals surface area contributed by atoms with Crippen LogP contribution in [0.4, 0.5) is 0 Å². The molecule has 0 spiro atoms. The van der Waals surface area contributed by atoms with E-state index in [0.717, 1.165) is 17.0 Å². The summed E-state index contributed by atoms with van der Waals surface area (Å²) in [7, 11) is 0. The van der Waals surface area contributed by atoms with Crippen molar-refractivity contribution in [2.24, 2.45) is 0 Å². The number of amides is 2. The third-order valence-electron chi connectivity index (χ3n) is 3.75. The zero-order valence-corrected chi connectivity index (χ0v) is 12.9. The molecule has 2 heterocycles. The van der Waals surface area contributed by atoms with Gasteiger partial charge in [0.15, 0.2) is 0 Å². The van der Waals surface area contributed by atoms with Crippen LogP contribution in [0.1, 0.15) is 27.3 Å². The van der Waals surface area contributed by atoms with E-state index in [4.69, 9.17) is 0 Å². The van der Waals surface area contributed by atoms with Crippen molar-refractivity contribution in [3.05, 3.63) is 71.6 Å². The Labute approximate surface area is 134 Å².